The molecule has 7 heteroatoms. The third kappa shape index (κ3) is 11.8. The highest BCUT2D eigenvalue weighted by atomic mass is 16.6. The first-order chi connectivity index (χ1) is 11.8. The van der Waals surface area contributed by atoms with Gasteiger partial charge in [0.2, 0.25) is 0 Å². The van der Waals surface area contributed by atoms with Crippen LogP contribution in [0.2, 0.25) is 0 Å². The number of carbonyl (C=O) groups excluding carboxylic acids is 3. The number of amides is 1. The van der Waals surface area contributed by atoms with Crippen LogP contribution in [0, 0.1) is 0 Å². The second-order valence-electron chi connectivity index (χ2n) is 5.77. The summed E-state index contributed by atoms with van der Waals surface area (Å²) in [6, 6.07) is 0. The van der Waals surface area contributed by atoms with Gasteiger partial charge in [-0.15, -0.1) is 0 Å². The average Bonchev–Trinajstić information content (AvgIpc) is 2.56. The van der Waals surface area contributed by atoms with Crippen LogP contribution in [0.5, 0.6) is 0 Å². The van der Waals surface area contributed by atoms with Crippen molar-refractivity contribution in [3.63, 3.8) is 0 Å². The summed E-state index contributed by atoms with van der Waals surface area (Å²) < 4.78 is 15.1. The molecule has 0 aliphatic heterocycles. The number of hydrogen-bond donors (Lipinski definition) is 1. The minimum atomic E-state index is -0.915. The van der Waals surface area contributed by atoms with Crippen LogP contribution >= 0.6 is 0 Å². The van der Waals surface area contributed by atoms with Crippen molar-refractivity contribution >= 4 is 18.0 Å². The van der Waals surface area contributed by atoms with Gasteiger partial charge in [0.05, 0.1) is 0 Å². The van der Waals surface area contributed by atoms with Crippen molar-refractivity contribution < 1.29 is 28.6 Å². The lowest BCUT2D eigenvalue weighted by Gasteiger charge is -2.18. The Hall–Kier alpha value is -2.31. The van der Waals surface area contributed by atoms with Gasteiger partial charge in [0.25, 0.3) is 0 Å². The van der Waals surface area contributed by atoms with Crippen LogP contribution in [0.1, 0.15) is 46.5 Å². The van der Waals surface area contributed by atoms with Crippen molar-refractivity contribution in [2.75, 3.05) is 19.8 Å². The lowest BCUT2D eigenvalue weighted by Crippen LogP contribution is -2.35. The third-order valence-electron chi connectivity index (χ3n) is 3.07. The van der Waals surface area contributed by atoms with Crippen LogP contribution in [0.4, 0.5) is 4.79 Å². The molecule has 0 aromatic carbocycles. The van der Waals surface area contributed by atoms with Gasteiger partial charge in [0, 0.05) is 17.7 Å². The molecule has 0 atom stereocenters. The first-order valence-electron chi connectivity index (χ1n) is 8.37. The number of unbranched alkanes of at least 4 members (excludes halogenated alkanes) is 3. The zero-order valence-corrected chi connectivity index (χ0v) is 15.4. The summed E-state index contributed by atoms with van der Waals surface area (Å²) in [7, 11) is 0. The van der Waals surface area contributed by atoms with Crippen molar-refractivity contribution in [1.82, 2.24) is 5.32 Å². The van der Waals surface area contributed by atoms with Crippen LogP contribution in [0.3, 0.4) is 0 Å². The van der Waals surface area contributed by atoms with Crippen molar-refractivity contribution in [3.05, 3.63) is 24.3 Å². The van der Waals surface area contributed by atoms with Gasteiger partial charge < -0.3 is 19.5 Å². The Labute approximate surface area is 149 Å². The summed E-state index contributed by atoms with van der Waals surface area (Å²) in [6.45, 7) is 12.0. The predicted octanol–water partition coefficient (Wildman–Crippen LogP) is 2.90. The molecule has 0 aromatic rings. The predicted molar refractivity (Wildman–Crippen MR) is 94.0 cm³/mol. The van der Waals surface area contributed by atoms with Gasteiger partial charge in [-0.3, -0.25) is 0 Å². The number of hydrogen-bond acceptors (Lipinski definition) is 6. The zero-order valence-electron chi connectivity index (χ0n) is 15.4. The van der Waals surface area contributed by atoms with E-state index in [0.29, 0.717) is 6.54 Å². The molecule has 0 fully saturated rings. The molecule has 142 valence electrons. The summed E-state index contributed by atoms with van der Waals surface area (Å²) >= 11 is 0. The van der Waals surface area contributed by atoms with Gasteiger partial charge in [-0.25, -0.2) is 14.4 Å². The fourth-order valence-electron chi connectivity index (χ4n) is 1.64. The molecule has 0 spiro atoms. The zero-order chi connectivity index (χ0) is 19.2. The van der Waals surface area contributed by atoms with Gasteiger partial charge in [-0.05, 0) is 20.3 Å². The number of alkyl carbamates (subject to hydrolysis) is 1. The molecule has 0 heterocycles. The fraction of sp³-hybridized carbons (Fsp3) is 0.611. The molecule has 1 N–H and O–H groups in total. The maximum absolute atomic E-state index is 11.8. The molecular weight excluding hydrogens is 326 g/mol. The van der Waals surface area contributed by atoms with Crippen LogP contribution in [-0.4, -0.2) is 43.9 Å². The first kappa shape index (κ1) is 22.7. The number of ether oxygens (including phenoxy) is 3. The van der Waals surface area contributed by atoms with Gasteiger partial charge in [-0.1, -0.05) is 39.3 Å². The number of rotatable bonds is 12. The topological polar surface area (TPSA) is 90.9 Å². The Morgan fingerprint density at radius 3 is 1.88 bits per heavy atom. The minimum Gasteiger partial charge on any atom is -0.458 e. The molecule has 0 aromatic heterocycles. The van der Waals surface area contributed by atoms with E-state index in [-0.39, 0.29) is 24.4 Å². The van der Waals surface area contributed by atoms with Crippen molar-refractivity contribution in [3.8, 4) is 0 Å². The van der Waals surface area contributed by atoms with E-state index in [1.165, 1.54) is 13.8 Å². The first-order valence-corrected chi connectivity index (χ1v) is 8.37. The highest BCUT2D eigenvalue weighted by molar-refractivity contribution is 5.87. The highest BCUT2D eigenvalue weighted by Crippen LogP contribution is 2.03. The average molecular weight is 355 g/mol. The highest BCUT2D eigenvalue weighted by Gasteiger charge is 2.19. The Balaban J connectivity index is 4.42. The molecule has 0 aliphatic carbocycles. The van der Waals surface area contributed by atoms with Crippen LogP contribution in [0.25, 0.3) is 0 Å². The Morgan fingerprint density at radius 1 is 0.920 bits per heavy atom. The molecular formula is C18H29NO6. The molecule has 7 nitrogen and oxygen atoms in total. The summed E-state index contributed by atoms with van der Waals surface area (Å²) in [4.78, 5) is 34.7. The molecule has 0 rings (SSSR count). The van der Waals surface area contributed by atoms with Gasteiger partial charge in [-0.2, -0.15) is 0 Å². The molecule has 0 bridgehead atoms. The van der Waals surface area contributed by atoms with E-state index in [1.54, 1.807) is 0 Å². The lowest BCUT2D eigenvalue weighted by molar-refractivity contribution is -0.147. The SMILES string of the molecule is C=C(C)C(=O)OCC(COC(=O)C(=C)C)OC(=O)NCCCCCC. The van der Waals surface area contributed by atoms with E-state index in [1.807, 2.05) is 0 Å². The van der Waals surface area contributed by atoms with E-state index < -0.39 is 24.1 Å². The minimum absolute atomic E-state index is 0.220. The van der Waals surface area contributed by atoms with E-state index in [0.717, 1.165) is 25.7 Å². The summed E-state index contributed by atoms with van der Waals surface area (Å²) in [5.74, 6) is -1.22. The Morgan fingerprint density at radius 2 is 1.44 bits per heavy atom. The summed E-state index contributed by atoms with van der Waals surface area (Å²) in [6.07, 6.45) is 2.51. The largest absolute Gasteiger partial charge is 0.458 e. The summed E-state index contributed by atoms with van der Waals surface area (Å²) in [5.41, 5.74) is 0.441. The molecule has 0 aliphatic rings. The quantitative estimate of drug-likeness (QED) is 0.250. The Bertz CT molecular complexity index is 456. The van der Waals surface area contributed by atoms with E-state index >= 15 is 0 Å². The summed E-state index contributed by atoms with van der Waals surface area (Å²) in [5, 5.41) is 2.62. The molecule has 0 unspecified atom stereocenters. The molecule has 0 saturated carbocycles. The molecule has 1 amide bonds. The maximum atomic E-state index is 11.8. The van der Waals surface area contributed by atoms with E-state index in [4.69, 9.17) is 14.2 Å². The van der Waals surface area contributed by atoms with Gasteiger partial charge in [0.15, 0.2) is 6.10 Å². The van der Waals surface area contributed by atoms with Crippen LogP contribution in [-0.2, 0) is 23.8 Å². The normalized spacial score (nSPS) is 10.1. The maximum Gasteiger partial charge on any atom is 0.407 e. The van der Waals surface area contributed by atoms with Crippen molar-refractivity contribution in [2.24, 2.45) is 0 Å². The van der Waals surface area contributed by atoms with Crippen LogP contribution < -0.4 is 5.32 Å². The second kappa shape index (κ2) is 13.0. The van der Waals surface area contributed by atoms with Gasteiger partial charge >= 0.3 is 18.0 Å². The number of esters is 2. The second-order valence-corrected chi connectivity index (χ2v) is 5.77. The van der Waals surface area contributed by atoms with Crippen LogP contribution in [0.15, 0.2) is 24.3 Å². The smallest absolute Gasteiger partial charge is 0.407 e. The monoisotopic (exact) mass is 355 g/mol. The van der Waals surface area contributed by atoms with E-state index in [2.05, 4.69) is 25.4 Å². The standard InChI is InChI=1S/C18H29NO6/c1-6-7-8-9-10-19-18(22)25-15(11-23-16(20)13(2)3)12-24-17(21)14(4)5/h15H,2,4,6-12H2,1,3,5H3,(H,19,22). The lowest BCUT2D eigenvalue weighted by atomic mass is 10.2. The fourth-order valence-corrected chi connectivity index (χ4v) is 1.64. The number of carbonyl (C=O) groups is 3. The number of nitrogens with one attached hydrogen (secondary N) is 1. The third-order valence-corrected chi connectivity index (χ3v) is 3.07. The molecule has 25 heavy (non-hydrogen) atoms. The molecule has 0 radical (unpaired) electrons. The van der Waals surface area contributed by atoms with Crippen molar-refractivity contribution in [2.45, 2.75) is 52.6 Å². The van der Waals surface area contributed by atoms with Gasteiger partial charge in [0.1, 0.15) is 13.2 Å². The Kier molecular flexibility index (Phi) is 11.8. The van der Waals surface area contributed by atoms with Crippen molar-refractivity contribution in [1.29, 1.82) is 0 Å². The van der Waals surface area contributed by atoms with E-state index in [9.17, 15) is 14.4 Å². The molecule has 0 saturated heterocycles.